The second-order valence-electron chi connectivity index (χ2n) is 4.22. The van der Waals surface area contributed by atoms with Gasteiger partial charge >= 0.3 is 5.97 Å². The first-order valence-corrected chi connectivity index (χ1v) is 6.27. The molecule has 0 saturated heterocycles. The standard InChI is InChI=1S/C14H18ClNO2/c1-4-10(2)16(3)14-11(8-9-13(17)18)6-5-7-12(14)15/h5-10H,4H2,1-3H3,(H,17,18)/b9-8+. The van der Waals surface area contributed by atoms with Crippen LogP contribution in [-0.4, -0.2) is 24.2 Å². The molecule has 1 unspecified atom stereocenters. The topological polar surface area (TPSA) is 40.5 Å². The van der Waals surface area contributed by atoms with E-state index in [0.717, 1.165) is 23.7 Å². The highest BCUT2D eigenvalue weighted by Crippen LogP contribution is 2.31. The van der Waals surface area contributed by atoms with E-state index >= 15 is 0 Å². The average molecular weight is 268 g/mol. The largest absolute Gasteiger partial charge is 0.478 e. The minimum absolute atomic E-state index is 0.335. The number of para-hydroxylation sites is 1. The molecule has 0 saturated carbocycles. The molecule has 0 aliphatic carbocycles. The first-order valence-electron chi connectivity index (χ1n) is 5.89. The van der Waals surface area contributed by atoms with Gasteiger partial charge in [0, 0.05) is 19.2 Å². The highest BCUT2D eigenvalue weighted by Gasteiger charge is 2.14. The van der Waals surface area contributed by atoms with Gasteiger partial charge in [0.05, 0.1) is 10.7 Å². The summed E-state index contributed by atoms with van der Waals surface area (Å²) in [6.45, 7) is 4.21. The Hall–Kier alpha value is -1.48. The van der Waals surface area contributed by atoms with Gasteiger partial charge in [-0.05, 0) is 31.1 Å². The van der Waals surface area contributed by atoms with Crippen molar-refractivity contribution in [3.05, 3.63) is 34.9 Å². The lowest BCUT2D eigenvalue weighted by Gasteiger charge is -2.28. The molecule has 0 spiro atoms. The summed E-state index contributed by atoms with van der Waals surface area (Å²) in [7, 11) is 1.97. The van der Waals surface area contributed by atoms with Gasteiger partial charge in [0.1, 0.15) is 0 Å². The van der Waals surface area contributed by atoms with Crippen molar-refractivity contribution in [3.63, 3.8) is 0 Å². The summed E-state index contributed by atoms with van der Waals surface area (Å²) < 4.78 is 0. The van der Waals surface area contributed by atoms with Gasteiger partial charge in [-0.2, -0.15) is 0 Å². The summed E-state index contributed by atoms with van der Waals surface area (Å²) >= 11 is 6.22. The van der Waals surface area contributed by atoms with E-state index in [-0.39, 0.29) is 0 Å². The quantitative estimate of drug-likeness (QED) is 0.828. The first kappa shape index (κ1) is 14.6. The van der Waals surface area contributed by atoms with Crippen molar-refractivity contribution < 1.29 is 9.90 Å². The number of hydrogen-bond donors (Lipinski definition) is 1. The number of aliphatic carboxylic acids is 1. The van der Waals surface area contributed by atoms with Crippen LogP contribution >= 0.6 is 11.6 Å². The number of rotatable bonds is 5. The van der Waals surface area contributed by atoms with Gasteiger partial charge in [-0.3, -0.25) is 0 Å². The van der Waals surface area contributed by atoms with Crippen molar-refractivity contribution >= 4 is 29.3 Å². The summed E-state index contributed by atoms with van der Waals surface area (Å²) in [4.78, 5) is 12.7. The summed E-state index contributed by atoms with van der Waals surface area (Å²) in [5.41, 5.74) is 1.68. The molecule has 98 valence electrons. The van der Waals surface area contributed by atoms with Crippen LogP contribution in [0.5, 0.6) is 0 Å². The zero-order valence-electron chi connectivity index (χ0n) is 10.9. The maximum atomic E-state index is 10.6. The molecular formula is C14H18ClNO2. The minimum atomic E-state index is -0.966. The number of carbonyl (C=O) groups is 1. The van der Waals surface area contributed by atoms with Crippen molar-refractivity contribution in [2.24, 2.45) is 0 Å². The fourth-order valence-electron chi connectivity index (χ4n) is 1.69. The van der Waals surface area contributed by atoms with E-state index in [2.05, 4.69) is 18.7 Å². The van der Waals surface area contributed by atoms with Crippen LogP contribution < -0.4 is 4.90 Å². The molecule has 0 heterocycles. The van der Waals surface area contributed by atoms with E-state index in [1.54, 1.807) is 6.08 Å². The third-order valence-electron chi connectivity index (χ3n) is 3.03. The lowest BCUT2D eigenvalue weighted by Crippen LogP contribution is -2.28. The molecule has 0 aromatic heterocycles. The van der Waals surface area contributed by atoms with Gasteiger partial charge in [-0.25, -0.2) is 4.79 Å². The van der Waals surface area contributed by atoms with Gasteiger partial charge in [0.25, 0.3) is 0 Å². The van der Waals surface area contributed by atoms with Gasteiger partial charge < -0.3 is 10.0 Å². The summed E-state index contributed by atoms with van der Waals surface area (Å²) in [6, 6.07) is 5.83. The molecule has 0 aliphatic rings. The SMILES string of the molecule is CCC(C)N(C)c1c(Cl)cccc1/C=C/C(=O)O. The molecule has 4 heteroatoms. The predicted molar refractivity (Wildman–Crippen MR) is 76.3 cm³/mol. The lowest BCUT2D eigenvalue weighted by atomic mass is 10.1. The molecule has 1 aromatic rings. The normalized spacial score (nSPS) is 12.7. The summed E-state index contributed by atoms with van der Waals surface area (Å²) in [5, 5.41) is 9.33. The van der Waals surface area contributed by atoms with Crippen LogP contribution in [0.1, 0.15) is 25.8 Å². The number of nitrogens with zero attached hydrogens (tertiary/aromatic N) is 1. The minimum Gasteiger partial charge on any atom is -0.478 e. The van der Waals surface area contributed by atoms with Gasteiger partial charge in [-0.1, -0.05) is 30.7 Å². The third kappa shape index (κ3) is 3.50. The summed E-state index contributed by atoms with van der Waals surface area (Å²) in [6.07, 6.45) is 3.69. The van der Waals surface area contributed by atoms with Crippen LogP contribution in [0.15, 0.2) is 24.3 Å². The van der Waals surface area contributed by atoms with E-state index in [1.807, 2.05) is 25.2 Å². The van der Waals surface area contributed by atoms with Crippen molar-refractivity contribution in [1.29, 1.82) is 0 Å². The molecule has 1 N–H and O–H groups in total. The van der Waals surface area contributed by atoms with Crippen LogP contribution in [-0.2, 0) is 4.79 Å². The highest BCUT2D eigenvalue weighted by molar-refractivity contribution is 6.33. The molecule has 18 heavy (non-hydrogen) atoms. The van der Waals surface area contributed by atoms with Crippen LogP contribution in [0, 0.1) is 0 Å². The van der Waals surface area contributed by atoms with E-state index < -0.39 is 5.97 Å². The van der Waals surface area contributed by atoms with Crippen LogP contribution in [0.25, 0.3) is 6.08 Å². The molecular weight excluding hydrogens is 250 g/mol. The Kier molecular flexibility index (Phi) is 5.23. The summed E-state index contributed by atoms with van der Waals surface area (Å²) in [5.74, 6) is -0.966. The van der Waals surface area contributed by atoms with Crippen molar-refractivity contribution in [2.45, 2.75) is 26.3 Å². The predicted octanol–water partition coefficient (Wildman–Crippen LogP) is 3.67. The Morgan fingerprint density at radius 3 is 2.78 bits per heavy atom. The maximum absolute atomic E-state index is 10.6. The molecule has 0 aliphatic heterocycles. The van der Waals surface area contributed by atoms with Crippen LogP contribution in [0.3, 0.4) is 0 Å². The van der Waals surface area contributed by atoms with Crippen molar-refractivity contribution in [2.75, 3.05) is 11.9 Å². The zero-order chi connectivity index (χ0) is 13.7. The smallest absolute Gasteiger partial charge is 0.328 e. The van der Waals surface area contributed by atoms with Gasteiger partial charge in [0.15, 0.2) is 0 Å². The number of carboxylic acids is 1. The Morgan fingerprint density at radius 1 is 1.56 bits per heavy atom. The second kappa shape index (κ2) is 6.45. The van der Waals surface area contributed by atoms with Crippen LogP contribution in [0.4, 0.5) is 5.69 Å². The Bertz CT molecular complexity index is 457. The molecule has 0 bridgehead atoms. The van der Waals surface area contributed by atoms with E-state index in [4.69, 9.17) is 16.7 Å². The lowest BCUT2D eigenvalue weighted by molar-refractivity contribution is -0.131. The van der Waals surface area contributed by atoms with Gasteiger partial charge in [0.2, 0.25) is 0 Å². The fourth-order valence-corrected chi connectivity index (χ4v) is 2.01. The van der Waals surface area contributed by atoms with E-state index in [1.165, 1.54) is 0 Å². The fraction of sp³-hybridized carbons (Fsp3) is 0.357. The Labute approximate surface area is 113 Å². The molecule has 0 fully saturated rings. The molecule has 1 rings (SSSR count). The number of halogens is 1. The van der Waals surface area contributed by atoms with E-state index in [0.29, 0.717) is 11.1 Å². The monoisotopic (exact) mass is 267 g/mol. The van der Waals surface area contributed by atoms with Crippen molar-refractivity contribution in [3.8, 4) is 0 Å². The maximum Gasteiger partial charge on any atom is 0.328 e. The number of anilines is 1. The zero-order valence-corrected chi connectivity index (χ0v) is 11.6. The number of benzene rings is 1. The number of carboxylic acid groups (broad SMARTS) is 1. The highest BCUT2D eigenvalue weighted by atomic mass is 35.5. The molecule has 1 atom stereocenters. The molecule has 1 aromatic carbocycles. The van der Waals surface area contributed by atoms with Crippen LogP contribution in [0.2, 0.25) is 5.02 Å². The first-order chi connectivity index (χ1) is 8.47. The average Bonchev–Trinajstić information content (AvgIpc) is 2.34. The van der Waals surface area contributed by atoms with E-state index in [9.17, 15) is 4.79 Å². The number of hydrogen-bond acceptors (Lipinski definition) is 2. The van der Waals surface area contributed by atoms with Gasteiger partial charge in [-0.15, -0.1) is 0 Å². The Balaban J connectivity index is 3.19. The molecule has 0 amide bonds. The Morgan fingerprint density at radius 2 is 2.22 bits per heavy atom. The molecule has 0 radical (unpaired) electrons. The van der Waals surface area contributed by atoms with Crippen molar-refractivity contribution in [1.82, 2.24) is 0 Å². The molecule has 3 nitrogen and oxygen atoms in total. The third-order valence-corrected chi connectivity index (χ3v) is 3.33. The second-order valence-corrected chi connectivity index (χ2v) is 4.62.